The highest BCUT2D eigenvalue weighted by atomic mass is 28.3. The Bertz CT molecular complexity index is 2050. The Kier molecular flexibility index (Phi) is 8.97. The van der Waals surface area contributed by atoms with E-state index in [1.807, 2.05) is 0 Å². The predicted octanol–water partition coefficient (Wildman–Crippen LogP) is 11.5. The predicted molar refractivity (Wildman–Crippen MR) is 234 cm³/mol. The SMILES string of the molecule is C[Si](C)(C)C#Cc1cccc2c1C1c3c(C#C[Si](C)(C)C)cccc3C2C2c3c(C#C[Si](C)(C)C)cccc3C1c1cccc(C#C[Si](C)(C)C)c12. The summed E-state index contributed by atoms with van der Waals surface area (Å²) in [6.45, 7) is 28.2. The van der Waals surface area contributed by atoms with Gasteiger partial charge in [-0.2, -0.15) is 0 Å². The molecule has 4 heteroatoms. The molecule has 0 fully saturated rings. The van der Waals surface area contributed by atoms with Crippen LogP contribution >= 0.6 is 0 Å². The van der Waals surface area contributed by atoms with Gasteiger partial charge < -0.3 is 0 Å². The van der Waals surface area contributed by atoms with Crippen LogP contribution < -0.4 is 0 Å². The van der Waals surface area contributed by atoms with Crippen LogP contribution in [0.3, 0.4) is 0 Å². The molecular formula is C48H52Si4. The summed E-state index contributed by atoms with van der Waals surface area (Å²) in [5.74, 6) is 15.5. The number of rotatable bonds is 0. The zero-order valence-corrected chi connectivity index (χ0v) is 37.2. The van der Waals surface area contributed by atoms with Crippen molar-refractivity contribution in [1.29, 1.82) is 0 Å². The summed E-state index contributed by atoms with van der Waals surface area (Å²) >= 11 is 0. The van der Waals surface area contributed by atoms with E-state index in [4.69, 9.17) is 0 Å². The van der Waals surface area contributed by atoms with Crippen LogP contribution in [0.15, 0.2) is 72.8 Å². The summed E-state index contributed by atoms with van der Waals surface area (Å²) < 4.78 is 0. The van der Waals surface area contributed by atoms with Gasteiger partial charge in [0.25, 0.3) is 0 Å². The molecular weight excluding hydrogens is 689 g/mol. The Hall–Kier alpha value is -4.01. The second-order valence-corrected chi connectivity index (χ2v) is 38.1. The fourth-order valence-electron chi connectivity index (χ4n) is 8.27. The van der Waals surface area contributed by atoms with Crippen LogP contribution in [0.4, 0.5) is 0 Å². The molecule has 0 saturated carbocycles. The Balaban J connectivity index is 1.67. The van der Waals surface area contributed by atoms with Crippen molar-refractivity contribution in [1.82, 2.24) is 0 Å². The molecule has 4 aromatic carbocycles. The van der Waals surface area contributed by atoms with Gasteiger partial charge in [0.15, 0.2) is 0 Å². The Morgan fingerprint density at radius 1 is 0.308 bits per heavy atom. The van der Waals surface area contributed by atoms with Crippen molar-refractivity contribution >= 4 is 32.3 Å². The molecule has 0 heterocycles. The minimum atomic E-state index is -1.64. The van der Waals surface area contributed by atoms with Crippen LogP contribution in [0, 0.1) is 45.9 Å². The summed E-state index contributed by atoms with van der Waals surface area (Å²) in [7, 11) is -6.58. The van der Waals surface area contributed by atoms with Gasteiger partial charge in [0.2, 0.25) is 0 Å². The first-order chi connectivity index (χ1) is 24.3. The van der Waals surface area contributed by atoms with Gasteiger partial charge >= 0.3 is 0 Å². The highest BCUT2D eigenvalue weighted by molar-refractivity contribution is 6.85. The first kappa shape index (κ1) is 36.4. The fraction of sp³-hybridized carbons (Fsp3) is 0.333. The Morgan fingerprint density at radius 2 is 0.519 bits per heavy atom. The largest absolute Gasteiger partial charge is 0.129 e. The normalized spacial score (nSPS) is 19.3. The molecule has 0 atom stereocenters. The van der Waals surface area contributed by atoms with Crippen molar-refractivity contribution in [3.8, 4) is 45.9 Å². The van der Waals surface area contributed by atoms with Gasteiger partial charge in [0.05, 0.1) is 0 Å². The molecule has 4 bridgehead atoms. The van der Waals surface area contributed by atoms with Crippen molar-refractivity contribution in [3.63, 3.8) is 0 Å². The minimum Gasteiger partial charge on any atom is -0.127 e. The van der Waals surface area contributed by atoms with Gasteiger partial charge in [-0.3, -0.25) is 0 Å². The first-order valence-electron chi connectivity index (χ1n) is 19.0. The van der Waals surface area contributed by atoms with Gasteiger partial charge in [0, 0.05) is 45.9 Å². The third-order valence-electron chi connectivity index (χ3n) is 10.1. The van der Waals surface area contributed by atoms with Crippen molar-refractivity contribution in [2.75, 3.05) is 0 Å². The summed E-state index contributed by atoms with van der Waals surface area (Å²) in [5.41, 5.74) is 31.2. The van der Waals surface area contributed by atoms with E-state index >= 15 is 0 Å². The number of hydrogen-bond acceptors (Lipinski definition) is 0. The molecule has 0 aromatic heterocycles. The van der Waals surface area contributed by atoms with Crippen molar-refractivity contribution < 1.29 is 0 Å². The topological polar surface area (TPSA) is 0 Å². The zero-order valence-electron chi connectivity index (χ0n) is 33.2. The van der Waals surface area contributed by atoms with Crippen LogP contribution in [0.1, 0.15) is 90.4 Å². The quantitative estimate of drug-likeness (QED) is 0.124. The number of benzene rings is 4. The Morgan fingerprint density at radius 3 is 0.712 bits per heavy atom. The standard InChI is InChI=1S/C48H52Si4/c1-49(2,3)29-25-33-17-13-21-37-41(33)47-42-34(26-30-50(4,5)6)18-14-22-38(42)45(37)48-43-35(27-31-51(7,8)9)19-15-23-39(43)46(47)40-24-16-20-36(44(40)48)28-32-52(10,11)12/h13-24,45-48H,1-12H3. The molecule has 0 unspecified atom stereocenters. The molecule has 0 spiro atoms. The summed E-state index contributed by atoms with van der Waals surface area (Å²) in [4.78, 5) is 0. The van der Waals surface area contributed by atoms with Crippen molar-refractivity contribution in [2.45, 2.75) is 102 Å². The summed E-state index contributed by atoms with van der Waals surface area (Å²) in [6.07, 6.45) is 0. The molecule has 0 amide bonds. The highest BCUT2D eigenvalue weighted by Crippen LogP contribution is 2.65. The summed E-state index contributed by atoms with van der Waals surface area (Å²) in [6, 6.07) is 27.9. The highest BCUT2D eigenvalue weighted by Gasteiger charge is 2.52. The van der Waals surface area contributed by atoms with E-state index in [1.165, 1.54) is 66.8 Å². The van der Waals surface area contributed by atoms with E-state index in [9.17, 15) is 0 Å². The molecule has 0 saturated heterocycles. The lowest BCUT2D eigenvalue weighted by molar-refractivity contribution is 0.526. The second kappa shape index (κ2) is 12.8. The van der Waals surface area contributed by atoms with Gasteiger partial charge in [0.1, 0.15) is 32.3 Å². The monoisotopic (exact) mass is 740 g/mol. The van der Waals surface area contributed by atoms with Crippen LogP contribution in [0.5, 0.6) is 0 Å². The van der Waals surface area contributed by atoms with Crippen LogP contribution in [0.2, 0.25) is 78.6 Å². The first-order valence-corrected chi connectivity index (χ1v) is 33.0. The van der Waals surface area contributed by atoms with E-state index in [0.29, 0.717) is 0 Å². The minimum absolute atomic E-state index is 0.0553. The molecule has 260 valence electrons. The van der Waals surface area contributed by atoms with Crippen molar-refractivity contribution in [3.05, 3.63) is 140 Å². The molecule has 0 nitrogen and oxygen atoms in total. The smallest absolute Gasteiger partial charge is 0.127 e. The van der Waals surface area contributed by atoms with Gasteiger partial charge in [-0.1, -0.05) is 151 Å². The zero-order chi connectivity index (χ0) is 37.4. The maximum absolute atomic E-state index is 3.80. The fourth-order valence-corrected chi connectivity index (χ4v) is 10.3. The van der Waals surface area contributed by atoms with Gasteiger partial charge in [-0.15, -0.1) is 22.2 Å². The maximum atomic E-state index is 3.80. The average molecular weight is 741 g/mol. The molecule has 0 N–H and O–H groups in total. The van der Waals surface area contributed by atoms with Crippen molar-refractivity contribution in [2.24, 2.45) is 0 Å². The van der Waals surface area contributed by atoms with Gasteiger partial charge in [-0.05, 0) is 68.8 Å². The average Bonchev–Trinajstić information content (AvgIpc) is 3.03. The molecule has 6 aliphatic carbocycles. The van der Waals surface area contributed by atoms with E-state index < -0.39 is 32.3 Å². The van der Waals surface area contributed by atoms with E-state index in [1.54, 1.807) is 0 Å². The Labute approximate surface area is 318 Å². The maximum Gasteiger partial charge on any atom is 0.129 e. The molecule has 4 aromatic rings. The molecule has 0 aliphatic heterocycles. The van der Waals surface area contributed by atoms with E-state index in [2.05, 4.69) is 197 Å². The third kappa shape index (κ3) is 6.92. The third-order valence-corrected chi connectivity index (χ3v) is 13.6. The van der Waals surface area contributed by atoms with Crippen LogP contribution in [-0.4, -0.2) is 32.3 Å². The summed E-state index contributed by atoms with van der Waals surface area (Å²) in [5, 5.41) is 0. The lowest BCUT2D eigenvalue weighted by Gasteiger charge is -2.51. The lowest BCUT2D eigenvalue weighted by atomic mass is 9.51. The lowest BCUT2D eigenvalue weighted by Crippen LogP contribution is -2.37. The second-order valence-electron chi connectivity index (χ2n) is 19.1. The number of hydrogen-bond donors (Lipinski definition) is 0. The van der Waals surface area contributed by atoms with Crippen LogP contribution in [-0.2, 0) is 0 Å². The van der Waals surface area contributed by atoms with E-state index in [0.717, 1.165) is 0 Å². The van der Waals surface area contributed by atoms with Crippen LogP contribution in [0.25, 0.3) is 0 Å². The van der Waals surface area contributed by atoms with E-state index in [-0.39, 0.29) is 23.7 Å². The van der Waals surface area contributed by atoms with Gasteiger partial charge in [-0.25, -0.2) is 0 Å². The molecule has 6 aliphatic rings. The molecule has 52 heavy (non-hydrogen) atoms. The molecule has 0 radical (unpaired) electrons. The molecule has 10 rings (SSSR count).